The van der Waals surface area contributed by atoms with E-state index in [4.69, 9.17) is 11.3 Å². The maximum absolute atomic E-state index is 14.3. The predicted octanol–water partition coefficient (Wildman–Crippen LogP) is 3.36. The molecule has 3 rings (SSSR count). The van der Waals surface area contributed by atoms with Crippen LogP contribution in [0.2, 0.25) is 0 Å². The highest BCUT2D eigenvalue weighted by Crippen LogP contribution is 2.32. The molecular formula is C22H25F3N4O3S. The Morgan fingerprint density at radius 3 is 2.94 bits per heavy atom. The van der Waals surface area contributed by atoms with E-state index in [9.17, 15) is 21.6 Å². The monoisotopic (exact) mass is 482 g/mol. The molecule has 0 radical (unpaired) electrons. The van der Waals surface area contributed by atoms with Crippen molar-refractivity contribution >= 4 is 15.9 Å². The average Bonchev–Trinajstić information content (AvgIpc) is 3.37. The van der Waals surface area contributed by atoms with Gasteiger partial charge in [0.05, 0.1) is 12.1 Å². The van der Waals surface area contributed by atoms with Crippen molar-refractivity contribution in [3.05, 3.63) is 52.9 Å². The summed E-state index contributed by atoms with van der Waals surface area (Å²) in [5, 5.41) is 4.11. The van der Waals surface area contributed by atoms with E-state index >= 15 is 0 Å². The molecular weight excluding hydrogens is 457 g/mol. The van der Waals surface area contributed by atoms with Crippen LogP contribution in [0.4, 0.5) is 13.2 Å². The molecule has 178 valence electrons. The predicted molar refractivity (Wildman–Crippen MR) is 118 cm³/mol. The fourth-order valence-electron chi connectivity index (χ4n) is 3.69. The van der Waals surface area contributed by atoms with E-state index < -0.39 is 39.3 Å². The third-order valence-electron chi connectivity index (χ3n) is 5.28. The van der Waals surface area contributed by atoms with Crippen LogP contribution in [0.25, 0.3) is 0 Å². The van der Waals surface area contributed by atoms with Crippen LogP contribution >= 0.6 is 0 Å². The van der Waals surface area contributed by atoms with Crippen molar-refractivity contribution in [3.8, 4) is 12.3 Å². The summed E-state index contributed by atoms with van der Waals surface area (Å²) in [6.07, 6.45) is 8.24. The number of allylic oxidation sites excluding steroid dienone is 4. The maximum Gasteiger partial charge on any atom is 0.243 e. The zero-order valence-electron chi connectivity index (χ0n) is 18.3. The number of aromatic nitrogens is 1. The summed E-state index contributed by atoms with van der Waals surface area (Å²) in [7, 11) is -4.02. The number of hydrogen-bond donors (Lipinski definition) is 1. The first-order valence-corrected chi connectivity index (χ1v) is 11.9. The van der Waals surface area contributed by atoms with Gasteiger partial charge >= 0.3 is 0 Å². The van der Waals surface area contributed by atoms with E-state index in [1.54, 1.807) is 12.3 Å². The number of oxime groups is 1. The SMILES string of the molecule is C#C/C=C(F)\C=C(\F)Cc1cc(C)cnc1[C@@H]1CC(N2CC[C@H](NS(=O)(=O)C(C)F)C2)=NO1. The number of pyridine rings is 1. The first kappa shape index (κ1) is 24.8. The van der Waals surface area contributed by atoms with Crippen LogP contribution in [0.15, 0.2) is 41.2 Å². The number of nitrogens with zero attached hydrogens (tertiary/aromatic N) is 3. The van der Waals surface area contributed by atoms with E-state index in [-0.39, 0.29) is 6.42 Å². The van der Waals surface area contributed by atoms with Crippen LogP contribution in [0, 0.1) is 19.3 Å². The lowest BCUT2D eigenvalue weighted by molar-refractivity contribution is 0.0817. The van der Waals surface area contributed by atoms with Crippen LogP contribution < -0.4 is 4.72 Å². The molecule has 11 heteroatoms. The molecule has 1 saturated heterocycles. The minimum atomic E-state index is -4.02. The van der Waals surface area contributed by atoms with Crippen molar-refractivity contribution in [1.82, 2.24) is 14.6 Å². The second kappa shape index (κ2) is 10.4. The topological polar surface area (TPSA) is 83.9 Å². The van der Waals surface area contributed by atoms with Crippen molar-refractivity contribution in [2.24, 2.45) is 5.16 Å². The molecule has 2 aliphatic rings. The Morgan fingerprint density at radius 1 is 1.48 bits per heavy atom. The molecule has 3 heterocycles. The summed E-state index contributed by atoms with van der Waals surface area (Å²) in [5.41, 5.74) is -0.189. The molecule has 1 unspecified atom stereocenters. The van der Waals surface area contributed by atoms with Gasteiger partial charge < -0.3 is 9.74 Å². The van der Waals surface area contributed by atoms with Gasteiger partial charge in [-0.25, -0.2) is 26.3 Å². The molecule has 0 amide bonds. The number of hydrogen-bond acceptors (Lipinski definition) is 6. The fraction of sp³-hybridized carbons (Fsp3) is 0.455. The smallest absolute Gasteiger partial charge is 0.243 e. The van der Waals surface area contributed by atoms with E-state index in [0.29, 0.717) is 43.0 Å². The van der Waals surface area contributed by atoms with Gasteiger partial charge in [0.1, 0.15) is 17.5 Å². The molecule has 0 spiro atoms. The Bertz CT molecular complexity index is 1130. The Labute approximate surface area is 191 Å². The number of halogens is 3. The van der Waals surface area contributed by atoms with E-state index in [2.05, 4.69) is 14.9 Å². The lowest BCUT2D eigenvalue weighted by Gasteiger charge is -2.18. The van der Waals surface area contributed by atoms with Gasteiger partial charge in [-0.05, 0) is 31.4 Å². The molecule has 33 heavy (non-hydrogen) atoms. The van der Waals surface area contributed by atoms with Crippen LogP contribution in [-0.4, -0.2) is 48.8 Å². The molecule has 3 atom stereocenters. The van der Waals surface area contributed by atoms with Gasteiger partial charge in [-0.2, -0.15) is 0 Å². The molecule has 1 N–H and O–H groups in total. The summed E-state index contributed by atoms with van der Waals surface area (Å²) in [4.78, 5) is 11.8. The van der Waals surface area contributed by atoms with Gasteiger partial charge in [-0.3, -0.25) is 4.98 Å². The van der Waals surface area contributed by atoms with Gasteiger partial charge in [-0.15, -0.1) is 6.42 Å². The van der Waals surface area contributed by atoms with Crippen molar-refractivity contribution in [2.45, 2.75) is 50.8 Å². The molecule has 1 fully saturated rings. The quantitative estimate of drug-likeness (QED) is 0.476. The van der Waals surface area contributed by atoms with Crippen LogP contribution in [0.5, 0.6) is 0 Å². The van der Waals surface area contributed by atoms with Crippen molar-refractivity contribution in [3.63, 3.8) is 0 Å². The molecule has 0 bridgehead atoms. The van der Waals surface area contributed by atoms with Crippen molar-refractivity contribution in [1.29, 1.82) is 0 Å². The van der Waals surface area contributed by atoms with E-state index in [1.807, 2.05) is 17.7 Å². The third-order valence-corrected chi connectivity index (χ3v) is 6.80. The largest absolute Gasteiger partial charge is 0.384 e. The van der Waals surface area contributed by atoms with Crippen LogP contribution in [-0.2, 0) is 21.3 Å². The number of sulfonamides is 1. The van der Waals surface area contributed by atoms with E-state index in [0.717, 1.165) is 24.6 Å². The molecule has 0 aromatic carbocycles. The third kappa shape index (κ3) is 6.36. The average molecular weight is 483 g/mol. The van der Waals surface area contributed by atoms with Gasteiger partial charge in [0, 0.05) is 43.9 Å². The number of likely N-dealkylation sites (tertiary alicyclic amines) is 1. The normalized spacial score (nSPS) is 22.7. The summed E-state index contributed by atoms with van der Waals surface area (Å²) >= 11 is 0. The number of rotatable bonds is 7. The number of alkyl halides is 1. The minimum absolute atomic E-state index is 0.194. The van der Waals surface area contributed by atoms with Gasteiger partial charge in [0.2, 0.25) is 15.5 Å². The summed E-state index contributed by atoms with van der Waals surface area (Å²) in [6, 6.07) is 1.31. The molecule has 0 aliphatic carbocycles. The number of nitrogens with one attached hydrogen (secondary N) is 1. The molecule has 2 aliphatic heterocycles. The Morgan fingerprint density at radius 2 is 2.24 bits per heavy atom. The highest BCUT2D eigenvalue weighted by molar-refractivity contribution is 7.89. The Hall–Kier alpha value is -2.84. The maximum atomic E-state index is 14.3. The minimum Gasteiger partial charge on any atom is -0.384 e. The Kier molecular flexibility index (Phi) is 7.81. The highest BCUT2D eigenvalue weighted by Gasteiger charge is 2.35. The lowest BCUT2D eigenvalue weighted by Crippen LogP contribution is -2.41. The summed E-state index contributed by atoms with van der Waals surface area (Å²) in [6.45, 7) is 3.63. The number of amidine groups is 1. The highest BCUT2D eigenvalue weighted by atomic mass is 32.2. The summed E-state index contributed by atoms with van der Waals surface area (Å²) < 4.78 is 67.0. The van der Waals surface area contributed by atoms with Gasteiger partial charge in [-0.1, -0.05) is 17.1 Å². The number of aryl methyl sites for hydroxylation is 1. The number of terminal acetylenes is 1. The van der Waals surface area contributed by atoms with Gasteiger partial charge in [0.15, 0.2) is 6.10 Å². The zero-order chi connectivity index (χ0) is 24.2. The molecule has 1 aromatic heterocycles. The first-order chi connectivity index (χ1) is 15.6. The van der Waals surface area contributed by atoms with Crippen molar-refractivity contribution in [2.75, 3.05) is 13.1 Å². The second-order valence-electron chi connectivity index (χ2n) is 7.96. The van der Waals surface area contributed by atoms with E-state index in [1.165, 1.54) is 0 Å². The molecule has 1 aromatic rings. The lowest BCUT2D eigenvalue weighted by atomic mass is 10.0. The fourth-order valence-corrected chi connectivity index (χ4v) is 4.54. The standard InChI is InChI=1S/C22H25F3N4O3S/c1-4-5-17(24)10-18(25)9-16-8-14(2)12-26-22(16)20-11-21(27-32-20)29-7-6-19(13-29)28-33(30,31)15(3)23/h1,5,8,10,12,15,19-20,28H,6-7,9,11,13H2,2-3H3/b17-5+,18-10+/t15?,19-,20-/m0/s1. The Balaban J connectivity index is 1.68. The van der Waals surface area contributed by atoms with Crippen molar-refractivity contribution < 1.29 is 26.4 Å². The molecule has 0 saturated carbocycles. The first-order valence-electron chi connectivity index (χ1n) is 10.3. The molecule has 7 nitrogen and oxygen atoms in total. The van der Waals surface area contributed by atoms with Crippen LogP contribution in [0.1, 0.15) is 42.7 Å². The zero-order valence-corrected chi connectivity index (χ0v) is 19.1. The van der Waals surface area contributed by atoms with Gasteiger partial charge in [0.25, 0.3) is 0 Å². The van der Waals surface area contributed by atoms with Crippen LogP contribution in [0.3, 0.4) is 0 Å². The summed E-state index contributed by atoms with van der Waals surface area (Å²) in [5.74, 6) is 1.02. The second-order valence-corrected chi connectivity index (χ2v) is 9.94.